The number of carboxylic acids is 1. The van der Waals surface area contributed by atoms with Crippen LogP contribution in [0.3, 0.4) is 0 Å². The lowest BCUT2D eigenvalue weighted by atomic mass is 10.1. The van der Waals surface area contributed by atoms with E-state index in [2.05, 4.69) is 10.3 Å². The maximum Gasteiger partial charge on any atom is 0.309 e. The third-order valence-corrected chi connectivity index (χ3v) is 4.72. The molecule has 0 amide bonds. The average Bonchev–Trinajstić information content (AvgIpc) is 2.86. The van der Waals surface area contributed by atoms with Crippen molar-refractivity contribution in [3.05, 3.63) is 95.6 Å². The molecule has 0 radical (unpaired) electrons. The van der Waals surface area contributed by atoms with Gasteiger partial charge in [0.15, 0.2) is 0 Å². The van der Waals surface area contributed by atoms with Crippen LogP contribution < -0.4 is 9.47 Å². The molecule has 0 aliphatic carbocycles. The summed E-state index contributed by atoms with van der Waals surface area (Å²) >= 11 is 0. The first-order valence-corrected chi connectivity index (χ1v) is 10.5. The highest BCUT2D eigenvalue weighted by Gasteiger charge is 2.10. The Morgan fingerprint density at radius 2 is 1.29 bits per heavy atom. The number of carbonyl (C=O) groups is 1. The van der Waals surface area contributed by atoms with Crippen LogP contribution in [0.1, 0.15) is 23.1 Å². The highest BCUT2D eigenvalue weighted by molar-refractivity contribution is 6.08. The molecule has 176 valence electrons. The van der Waals surface area contributed by atoms with Gasteiger partial charge in [-0.2, -0.15) is 0 Å². The summed E-state index contributed by atoms with van der Waals surface area (Å²) in [6.45, 7) is 0.643. The van der Waals surface area contributed by atoms with E-state index in [0.717, 1.165) is 11.1 Å². The Bertz CT molecular complexity index is 1110. The second-order valence-corrected chi connectivity index (χ2v) is 7.12. The number of oxime groups is 2. The maximum atomic E-state index is 11.0. The molecule has 0 heterocycles. The van der Waals surface area contributed by atoms with Crippen LogP contribution in [0.2, 0.25) is 0 Å². The van der Waals surface area contributed by atoms with Gasteiger partial charge in [-0.15, -0.1) is 0 Å². The first kappa shape index (κ1) is 24.3. The predicted molar refractivity (Wildman–Crippen MR) is 128 cm³/mol. The van der Waals surface area contributed by atoms with Crippen molar-refractivity contribution in [3.8, 4) is 11.5 Å². The molecule has 3 rings (SSSR count). The van der Waals surface area contributed by atoms with Crippen molar-refractivity contribution < 1.29 is 29.0 Å². The molecule has 8 heteroatoms. The van der Waals surface area contributed by atoms with Gasteiger partial charge in [0.05, 0.1) is 12.1 Å². The van der Waals surface area contributed by atoms with Gasteiger partial charge in [-0.1, -0.05) is 52.8 Å². The second kappa shape index (κ2) is 12.6. The minimum absolute atomic E-state index is 0.230. The Hall–Kier alpha value is -4.33. The molecule has 1 N–H and O–H groups in total. The Morgan fingerprint density at radius 1 is 0.735 bits per heavy atom. The van der Waals surface area contributed by atoms with E-state index in [1.54, 1.807) is 24.3 Å². The molecule has 3 aromatic carbocycles. The van der Waals surface area contributed by atoms with Gasteiger partial charge < -0.3 is 24.3 Å². The molecule has 0 aromatic heterocycles. The molecule has 0 atom stereocenters. The molecule has 0 aliphatic rings. The van der Waals surface area contributed by atoms with Gasteiger partial charge in [-0.05, 0) is 42.0 Å². The number of rotatable bonds is 12. The summed E-state index contributed by atoms with van der Waals surface area (Å²) in [5, 5.41) is 16.9. The van der Waals surface area contributed by atoms with Crippen LogP contribution in [0.25, 0.3) is 0 Å². The van der Waals surface area contributed by atoms with Crippen LogP contribution in [0.15, 0.2) is 89.2 Å². The summed E-state index contributed by atoms with van der Waals surface area (Å²) in [6.07, 6.45) is -0.230. The van der Waals surface area contributed by atoms with Crippen molar-refractivity contribution in [2.24, 2.45) is 10.3 Å². The Balaban J connectivity index is 1.54. The van der Waals surface area contributed by atoms with Crippen LogP contribution in [0, 0.1) is 0 Å². The van der Waals surface area contributed by atoms with Crippen molar-refractivity contribution in [2.45, 2.75) is 13.0 Å². The van der Waals surface area contributed by atoms with Crippen LogP contribution in [-0.2, 0) is 21.1 Å². The molecule has 0 aliphatic heterocycles. The first-order chi connectivity index (χ1) is 16.6. The standard InChI is InChI=1S/C26H26N2O6/c1-31-27-24(16-26(29)30)21-10-14-23(15-11-21)33-17-19-8-12-22(13-9-19)34-18-25(28-32-2)20-6-4-3-5-7-20/h3-15H,16-18H2,1-2H3,(H,29,30)/b27-24?,28-25+. The summed E-state index contributed by atoms with van der Waals surface area (Å²) in [6, 6.07) is 24.3. The van der Waals surface area contributed by atoms with Crippen molar-refractivity contribution >= 4 is 17.4 Å². The van der Waals surface area contributed by atoms with Gasteiger partial charge in [-0.3, -0.25) is 4.79 Å². The number of hydrogen-bond acceptors (Lipinski definition) is 7. The summed E-state index contributed by atoms with van der Waals surface area (Å²) in [5.74, 6) is 0.376. The van der Waals surface area contributed by atoms with Crippen LogP contribution in [0.4, 0.5) is 0 Å². The number of nitrogens with zero attached hydrogens (tertiary/aromatic N) is 2. The lowest BCUT2D eigenvalue weighted by molar-refractivity contribution is -0.135. The number of hydrogen-bond donors (Lipinski definition) is 1. The van der Waals surface area contributed by atoms with Crippen molar-refractivity contribution in [1.82, 2.24) is 0 Å². The normalized spacial score (nSPS) is 11.6. The van der Waals surface area contributed by atoms with E-state index in [1.807, 2.05) is 54.6 Å². The molecule has 0 unspecified atom stereocenters. The van der Waals surface area contributed by atoms with Gasteiger partial charge in [0, 0.05) is 11.1 Å². The highest BCUT2D eigenvalue weighted by atomic mass is 16.6. The van der Waals surface area contributed by atoms with Gasteiger partial charge in [-0.25, -0.2) is 0 Å². The van der Waals surface area contributed by atoms with Gasteiger partial charge in [0.1, 0.15) is 44.6 Å². The van der Waals surface area contributed by atoms with Crippen molar-refractivity contribution in [1.29, 1.82) is 0 Å². The van der Waals surface area contributed by atoms with E-state index in [4.69, 9.17) is 24.3 Å². The number of benzene rings is 3. The molecule has 34 heavy (non-hydrogen) atoms. The molecule has 8 nitrogen and oxygen atoms in total. The Morgan fingerprint density at radius 3 is 1.91 bits per heavy atom. The van der Waals surface area contributed by atoms with Gasteiger partial charge >= 0.3 is 5.97 Å². The molecule has 0 saturated carbocycles. The summed E-state index contributed by atoms with van der Waals surface area (Å²) in [4.78, 5) is 20.7. The monoisotopic (exact) mass is 462 g/mol. The minimum atomic E-state index is -0.981. The van der Waals surface area contributed by atoms with E-state index < -0.39 is 5.97 Å². The zero-order valence-electron chi connectivity index (χ0n) is 19.0. The van der Waals surface area contributed by atoms with Crippen molar-refractivity contribution in [3.63, 3.8) is 0 Å². The second-order valence-electron chi connectivity index (χ2n) is 7.12. The maximum absolute atomic E-state index is 11.0. The zero-order valence-corrected chi connectivity index (χ0v) is 19.0. The molecule has 0 saturated heterocycles. The average molecular weight is 463 g/mol. The van der Waals surface area contributed by atoms with E-state index in [0.29, 0.717) is 35.1 Å². The lowest BCUT2D eigenvalue weighted by Crippen LogP contribution is -2.13. The smallest absolute Gasteiger partial charge is 0.309 e. The highest BCUT2D eigenvalue weighted by Crippen LogP contribution is 2.18. The molecule has 0 fully saturated rings. The topological polar surface area (TPSA) is 98.9 Å². The van der Waals surface area contributed by atoms with E-state index in [9.17, 15) is 4.79 Å². The summed E-state index contributed by atoms with van der Waals surface area (Å²) < 4.78 is 11.7. The van der Waals surface area contributed by atoms with Gasteiger partial charge in [0.25, 0.3) is 0 Å². The third-order valence-electron chi connectivity index (χ3n) is 4.72. The van der Waals surface area contributed by atoms with Gasteiger partial charge in [0.2, 0.25) is 0 Å². The fraction of sp³-hybridized carbons (Fsp3) is 0.192. The molecule has 3 aromatic rings. The summed E-state index contributed by atoms with van der Waals surface area (Å²) in [5.41, 5.74) is 3.59. The van der Waals surface area contributed by atoms with Crippen LogP contribution >= 0.6 is 0 Å². The first-order valence-electron chi connectivity index (χ1n) is 10.5. The summed E-state index contributed by atoms with van der Waals surface area (Å²) in [7, 11) is 2.89. The number of aliphatic carboxylic acids is 1. The van der Waals surface area contributed by atoms with Crippen molar-refractivity contribution in [2.75, 3.05) is 20.8 Å². The Labute approximate surface area is 198 Å². The molecule has 0 bridgehead atoms. The quantitative estimate of drug-likeness (QED) is 0.314. The van der Waals surface area contributed by atoms with Crippen LogP contribution in [-0.4, -0.2) is 43.3 Å². The largest absolute Gasteiger partial charge is 0.489 e. The third kappa shape index (κ3) is 7.37. The molecular weight excluding hydrogens is 436 g/mol. The number of carboxylic acid groups (broad SMARTS) is 1. The minimum Gasteiger partial charge on any atom is -0.489 e. The Kier molecular flexibility index (Phi) is 9.04. The molecule has 0 spiro atoms. The lowest BCUT2D eigenvalue weighted by Gasteiger charge is -2.10. The van der Waals surface area contributed by atoms with E-state index in [1.165, 1.54) is 14.2 Å². The number of ether oxygens (including phenoxy) is 2. The van der Waals surface area contributed by atoms with E-state index >= 15 is 0 Å². The fourth-order valence-electron chi connectivity index (χ4n) is 3.09. The molecular formula is C26H26N2O6. The van der Waals surface area contributed by atoms with Crippen LogP contribution in [0.5, 0.6) is 11.5 Å². The predicted octanol–water partition coefficient (Wildman–Crippen LogP) is 4.52. The zero-order chi connectivity index (χ0) is 24.2. The van der Waals surface area contributed by atoms with E-state index in [-0.39, 0.29) is 13.0 Å². The SMILES string of the molecule is CON=C(CC(=O)O)c1ccc(OCc2ccc(OC/C(=N\OC)c3ccccc3)cc2)cc1. The fourth-order valence-corrected chi connectivity index (χ4v) is 3.09.